The fourth-order valence-electron chi connectivity index (χ4n) is 3.45. The molecule has 1 aliphatic heterocycles. The van der Waals surface area contributed by atoms with Crippen LogP contribution in [0.15, 0.2) is 18.2 Å². The largest absolute Gasteiger partial charge is 0.481 e. The molecule has 0 aliphatic carbocycles. The van der Waals surface area contributed by atoms with Crippen molar-refractivity contribution >= 4 is 17.8 Å². The first-order valence-electron chi connectivity index (χ1n) is 9.13. The molecule has 0 aromatic heterocycles. The predicted molar refractivity (Wildman–Crippen MR) is 99.0 cm³/mol. The van der Waals surface area contributed by atoms with Gasteiger partial charge in [0.2, 0.25) is 5.91 Å². The molecule has 0 saturated carbocycles. The quantitative estimate of drug-likeness (QED) is 0.815. The smallest absolute Gasteiger partial charge is 0.303 e. The highest BCUT2D eigenvalue weighted by atomic mass is 16.4. The Bertz CT molecular complexity index is 666. The van der Waals surface area contributed by atoms with E-state index >= 15 is 0 Å². The molecule has 6 heteroatoms. The second-order valence-corrected chi connectivity index (χ2v) is 7.41. The summed E-state index contributed by atoms with van der Waals surface area (Å²) in [4.78, 5) is 37.6. The second-order valence-electron chi connectivity index (χ2n) is 7.41. The molecule has 1 saturated heterocycles. The summed E-state index contributed by atoms with van der Waals surface area (Å²) in [6.45, 7) is 7.14. The second kappa shape index (κ2) is 8.83. The molecule has 1 aromatic rings. The lowest BCUT2D eigenvalue weighted by Crippen LogP contribution is -2.46. The average molecular weight is 360 g/mol. The SMILES string of the molecule is Cc1cc(C)cc(C(=O)N2CCCC(C(=O)NCC(C)CC(=O)O)C2)c1. The fraction of sp³-hybridized carbons (Fsp3) is 0.550. The van der Waals surface area contributed by atoms with E-state index < -0.39 is 5.97 Å². The van der Waals surface area contributed by atoms with Gasteiger partial charge in [-0.25, -0.2) is 0 Å². The van der Waals surface area contributed by atoms with Gasteiger partial charge in [-0.1, -0.05) is 24.1 Å². The molecule has 2 unspecified atom stereocenters. The molecule has 0 spiro atoms. The van der Waals surface area contributed by atoms with Gasteiger partial charge in [0.15, 0.2) is 0 Å². The van der Waals surface area contributed by atoms with Gasteiger partial charge >= 0.3 is 5.97 Å². The predicted octanol–water partition coefficient (Wildman–Crippen LogP) is 2.38. The molecular weight excluding hydrogens is 332 g/mol. The molecule has 1 heterocycles. The maximum atomic E-state index is 12.8. The summed E-state index contributed by atoms with van der Waals surface area (Å²) in [7, 11) is 0. The Labute approximate surface area is 154 Å². The molecule has 142 valence electrons. The normalized spacial score (nSPS) is 18.3. The standard InChI is InChI=1S/C20H28N2O4/c1-13-7-14(2)9-17(8-13)20(26)22-6-4-5-16(12-22)19(25)21-11-15(3)10-18(23)24/h7-9,15-16H,4-6,10-12H2,1-3H3,(H,21,25)(H,23,24). The third kappa shape index (κ3) is 5.58. The van der Waals surface area contributed by atoms with Crippen molar-refractivity contribution in [3.63, 3.8) is 0 Å². The fourth-order valence-corrected chi connectivity index (χ4v) is 3.45. The van der Waals surface area contributed by atoms with Crippen molar-refractivity contribution < 1.29 is 19.5 Å². The summed E-state index contributed by atoms with van der Waals surface area (Å²) in [5.74, 6) is -1.35. The van der Waals surface area contributed by atoms with Crippen molar-refractivity contribution in [1.29, 1.82) is 0 Å². The molecule has 0 radical (unpaired) electrons. The van der Waals surface area contributed by atoms with Crippen molar-refractivity contribution in [3.8, 4) is 0 Å². The van der Waals surface area contributed by atoms with Crippen LogP contribution in [-0.2, 0) is 9.59 Å². The van der Waals surface area contributed by atoms with Crippen molar-refractivity contribution in [3.05, 3.63) is 34.9 Å². The van der Waals surface area contributed by atoms with E-state index in [0.717, 1.165) is 24.0 Å². The molecule has 1 aromatic carbocycles. The Kier molecular flexibility index (Phi) is 6.77. The minimum atomic E-state index is -0.866. The van der Waals surface area contributed by atoms with Gasteiger partial charge in [-0.05, 0) is 44.7 Å². The summed E-state index contributed by atoms with van der Waals surface area (Å²) >= 11 is 0. The van der Waals surface area contributed by atoms with Crippen LogP contribution in [0, 0.1) is 25.7 Å². The summed E-state index contributed by atoms with van der Waals surface area (Å²) in [5, 5.41) is 11.6. The zero-order valence-corrected chi connectivity index (χ0v) is 15.7. The molecule has 2 amide bonds. The maximum absolute atomic E-state index is 12.8. The molecule has 26 heavy (non-hydrogen) atoms. The molecule has 6 nitrogen and oxygen atoms in total. The first-order valence-corrected chi connectivity index (χ1v) is 9.13. The third-order valence-corrected chi connectivity index (χ3v) is 4.70. The van der Waals surface area contributed by atoms with Gasteiger partial charge in [0.05, 0.1) is 5.92 Å². The molecule has 2 atom stereocenters. The minimum Gasteiger partial charge on any atom is -0.481 e. The molecule has 0 bridgehead atoms. The number of likely N-dealkylation sites (tertiary alicyclic amines) is 1. The van der Waals surface area contributed by atoms with E-state index in [1.54, 1.807) is 11.8 Å². The third-order valence-electron chi connectivity index (χ3n) is 4.70. The van der Waals surface area contributed by atoms with E-state index in [2.05, 4.69) is 5.32 Å². The monoisotopic (exact) mass is 360 g/mol. The van der Waals surface area contributed by atoms with E-state index in [-0.39, 0.29) is 30.1 Å². The Balaban J connectivity index is 1.94. The van der Waals surface area contributed by atoms with Gasteiger partial charge in [0.25, 0.3) is 5.91 Å². The van der Waals surface area contributed by atoms with E-state index in [4.69, 9.17) is 5.11 Å². The summed E-state index contributed by atoms with van der Waals surface area (Å²) in [5.41, 5.74) is 2.76. The Morgan fingerprint density at radius 1 is 1.23 bits per heavy atom. The first kappa shape index (κ1) is 19.9. The van der Waals surface area contributed by atoms with Gasteiger partial charge in [-0.2, -0.15) is 0 Å². The number of carboxylic acids is 1. The van der Waals surface area contributed by atoms with Gasteiger partial charge in [0.1, 0.15) is 0 Å². The number of rotatable bonds is 6. The number of carboxylic acid groups (broad SMARTS) is 1. The van der Waals surface area contributed by atoms with Gasteiger partial charge in [0, 0.05) is 31.6 Å². The first-order chi connectivity index (χ1) is 12.3. The number of hydrogen-bond donors (Lipinski definition) is 2. The summed E-state index contributed by atoms with van der Waals surface area (Å²) in [6.07, 6.45) is 1.57. The van der Waals surface area contributed by atoms with Crippen molar-refractivity contribution in [1.82, 2.24) is 10.2 Å². The molecule has 1 fully saturated rings. The number of carbonyl (C=O) groups is 3. The Hall–Kier alpha value is -2.37. The highest BCUT2D eigenvalue weighted by molar-refractivity contribution is 5.95. The highest BCUT2D eigenvalue weighted by Gasteiger charge is 2.29. The molecule has 1 aliphatic rings. The van der Waals surface area contributed by atoms with E-state index in [1.807, 2.05) is 32.0 Å². The summed E-state index contributed by atoms with van der Waals surface area (Å²) in [6, 6.07) is 5.79. The van der Waals surface area contributed by atoms with E-state index in [9.17, 15) is 14.4 Å². The Morgan fingerprint density at radius 3 is 2.50 bits per heavy atom. The van der Waals surface area contributed by atoms with E-state index in [1.165, 1.54) is 0 Å². The lowest BCUT2D eigenvalue weighted by molar-refractivity contribution is -0.138. The number of amides is 2. The lowest BCUT2D eigenvalue weighted by Gasteiger charge is -2.32. The summed E-state index contributed by atoms with van der Waals surface area (Å²) < 4.78 is 0. The van der Waals surface area contributed by atoms with Gasteiger partial charge < -0.3 is 15.3 Å². The maximum Gasteiger partial charge on any atom is 0.303 e. The van der Waals surface area contributed by atoms with Crippen LogP contribution < -0.4 is 5.32 Å². The number of nitrogens with zero attached hydrogens (tertiary/aromatic N) is 1. The number of piperidine rings is 1. The number of nitrogens with one attached hydrogen (secondary N) is 1. The molecular formula is C20H28N2O4. The van der Waals surface area contributed by atoms with Gasteiger partial charge in [-0.15, -0.1) is 0 Å². The number of aliphatic carboxylic acids is 1. The van der Waals surface area contributed by atoms with Crippen LogP contribution in [0.25, 0.3) is 0 Å². The topological polar surface area (TPSA) is 86.7 Å². The van der Waals surface area contributed by atoms with Crippen LogP contribution in [0.4, 0.5) is 0 Å². The zero-order chi connectivity index (χ0) is 19.3. The average Bonchev–Trinajstić information content (AvgIpc) is 2.57. The van der Waals surface area contributed by atoms with Crippen LogP contribution in [0.2, 0.25) is 0 Å². The van der Waals surface area contributed by atoms with Crippen LogP contribution in [0.3, 0.4) is 0 Å². The molecule has 2 rings (SSSR count). The van der Waals surface area contributed by atoms with E-state index in [0.29, 0.717) is 25.2 Å². The van der Waals surface area contributed by atoms with Crippen LogP contribution in [-0.4, -0.2) is 47.4 Å². The van der Waals surface area contributed by atoms with Crippen molar-refractivity contribution in [2.45, 2.75) is 40.0 Å². The molecule has 2 N–H and O–H groups in total. The van der Waals surface area contributed by atoms with Crippen molar-refractivity contribution in [2.75, 3.05) is 19.6 Å². The zero-order valence-electron chi connectivity index (χ0n) is 15.7. The van der Waals surface area contributed by atoms with Crippen LogP contribution in [0.5, 0.6) is 0 Å². The van der Waals surface area contributed by atoms with Gasteiger partial charge in [-0.3, -0.25) is 14.4 Å². The van der Waals surface area contributed by atoms with Crippen LogP contribution in [0.1, 0.15) is 47.7 Å². The minimum absolute atomic E-state index is 0.0300. The highest BCUT2D eigenvalue weighted by Crippen LogP contribution is 2.20. The van der Waals surface area contributed by atoms with Crippen molar-refractivity contribution in [2.24, 2.45) is 11.8 Å². The number of carbonyl (C=O) groups excluding carboxylic acids is 2. The Morgan fingerprint density at radius 2 is 1.88 bits per heavy atom. The number of benzene rings is 1. The number of aryl methyl sites for hydroxylation is 2. The van der Waals surface area contributed by atoms with Crippen LogP contribution >= 0.6 is 0 Å². The number of hydrogen-bond acceptors (Lipinski definition) is 3. The lowest BCUT2D eigenvalue weighted by atomic mass is 9.95.